The van der Waals surface area contributed by atoms with Crippen LogP contribution in [0.4, 0.5) is 5.69 Å². The zero-order valence-corrected chi connectivity index (χ0v) is 10.1. The summed E-state index contributed by atoms with van der Waals surface area (Å²) in [6, 6.07) is 2.91. The van der Waals surface area contributed by atoms with Crippen LogP contribution in [0.2, 0.25) is 0 Å². The van der Waals surface area contributed by atoms with Crippen molar-refractivity contribution < 1.29 is 13.2 Å². The molecular weight excluding hydrogens is 242 g/mol. The minimum absolute atomic E-state index is 0.000750. The third-order valence-electron chi connectivity index (χ3n) is 2.54. The van der Waals surface area contributed by atoms with Gasteiger partial charge in [0.2, 0.25) is 5.91 Å². The van der Waals surface area contributed by atoms with Crippen molar-refractivity contribution in [2.24, 2.45) is 5.92 Å². The van der Waals surface area contributed by atoms with Crippen LogP contribution in [-0.4, -0.2) is 38.7 Å². The number of amides is 1. The normalized spacial score (nSPS) is 16.3. The van der Waals surface area contributed by atoms with Gasteiger partial charge in [-0.15, -0.1) is 0 Å². The first-order chi connectivity index (χ1) is 7.97. The summed E-state index contributed by atoms with van der Waals surface area (Å²) < 4.78 is 22.3. The van der Waals surface area contributed by atoms with Crippen molar-refractivity contribution in [2.75, 3.05) is 24.7 Å². The summed E-state index contributed by atoms with van der Waals surface area (Å²) >= 11 is 0. The molecule has 1 aromatic rings. The molecule has 2 N–H and O–H groups in total. The second-order valence-electron chi connectivity index (χ2n) is 4.00. The van der Waals surface area contributed by atoms with Gasteiger partial charge < -0.3 is 10.6 Å². The molecule has 7 heteroatoms. The van der Waals surface area contributed by atoms with Crippen LogP contribution in [0.25, 0.3) is 0 Å². The Kier molecular flexibility index (Phi) is 3.12. The summed E-state index contributed by atoms with van der Waals surface area (Å²) in [6.45, 7) is 1.36. The molecule has 0 radical (unpaired) electrons. The Balaban J connectivity index is 2.05. The van der Waals surface area contributed by atoms with Crippen molar-refractivity contribution in [3.05, 3.63) is 18.3 Å². The maximum absolute atomic E-state index is 11.6. The number of carbonyl (C=O) groups excluding carboxylic acids is 1. The highest BCUT2D eigenvalue weighted by molar-refractivity contribution is 7.90. The van der Waals surface area contributed by atoms with Crippen molar-refractivity contribution in [1.82, 2.24) is 10.3 Å². The van der Waals surface area contributed by atoms with Crippen LogP contribution >= 0.6 is 0 Å². The van der Waals surface area contributed by atoms with Gasteiger partial charge in [0.25, 0.3) is 0 Å². The summed E-state index contributed by atoms with van der Waals surface area (Å²) in [5.41, 5.74) is 0.509. The quantitative estimate of drug-likeness (QED) is 0.770. The van der Waals surface area contributed by atoms with Gasteiger partial charge in [-0.3, -0.25) is 4.79 Å². The fourth-order valence-corrected chi connectivity index (χ4v) is 1.95. The van der Waals surface area contributed by atoms with Gasteiger partial charge in [-0.2, -0.15) is 0 Å². The molecule has 92 valence electrons. The van der Waals surface area contributed by atoms with E-state index in [1.54, 1.807) is 0 Å². The lowest BCUT2D eigenvalue weighted by atomic mass is 10.0. The highest BCUT2D eigenvalue weighted by atomic mass is 32.2. The highest BCUT2D eigenvalue weighted by Gasteiger charge is 2.24. The smallest absolute Gasteiger partial charge is 0.230 e. The summed E-state index contributed by atoms with van der Waals surface area (Å²) in [6.07, 6.45) is 2.44. The Morgan fingerprint density at radius 2 is 2.18 bits per heavy atom. The van der Waals surface area contributed by atoms with E-state index in [-0.39, 0.29) is 16.9 Å². The minimum atomic E-state index is -3.29. The molecule has 0 aromatic carbocycles. The Morgan fingerprint density at radius 1 is 1.47 bits per heavy atom. The summed E-state index contributed by atoms with van der Waals surface area (Å²) in [7, 11) is -3.29. The summed E-state index contributed by atoms with van der Waals surface area (Å²) in [4.78, 5) is 15.4. The first-order valence-corrected chi connectivity index (χ1v) is 7.03. The van der Waals surface area contributed by atoms with Crippen LogP contribution in [0, 0.1) is 5.92 Å². The number of aromatic nitrogens is 1. The molecule has 2 heterocycles. The molecule has 1 amide bonds. The molecule has 0 aliphatic carbocycles. The van der Waals surface area contributed by atoms with Crippen LogP contribution in [0.5, 0.6) is 0 Å². The predicted molar refractivity (Wildman–Crippen MR) is 62.3 cm³/mol. The van der Waals surface area contributed by atoms with E-state index in [0.29, 0.717) is 18.8 Å². The van der Waals surface area contributed by atoms with E-state index < -0.39 is 9.84 Å². The van der Waals surface area contributed by atoms with E-state index >= 15 is 0 Å². The molecule has 2 rings (SSSR count). The lowest BCUT2D eigenvalue weighted by molar-refractivity contribution is -0.121. The molecule has 0 bridgehead atoms. The van der Waals surface area contributed by atoms with Crippen molar-refractivity contribution in [1.29, 1.82) is 0 Å². The van der Waals surface area contributed by atoms with E-state index in [0.717, 1.165) is 6.26 Å². The number of sulfone groups is 1. The number of hydrogen-bond donors (Lipinski definition) is 2. The van der Waals surface area contributed by atoms with Gasteiger partial charge in [0.15, 0.2) is 14.9 Å². The average Bonchev–Trinajstić information content (AvgIpc) is 2.13. The predicted octanol–water partition coefficient (Wildman–Crippen LogP) is -0.357. The topological polar surface area (TPSA) is 88.2 Å². The zero-order valence-electron chi connectivity index (χ0n) is 9.30. The van der Waals surface area contributed by atoms with Gasteiger partial charge in [-0.1, -0.05) is 0 Å². The second-order valence-corrected chi connectivity index (χ2v) is 5.96. The SMILES string of the molecule is CS(=O)(=O)c1ccc(NC(=O)C2CNC2)cn1. The zero-order chi connectivity index (χ0) is 12.5. The van der Waals surface area contributed by atoms with Gasteiger partial charge in [0.1, 0.15) is 0 Å². The molecule has 0 spiro atoms. The van der Waals surface area contributed by atoms with Crippen LogP contribution in [0.15, 0.2) is 23.4 Å². The van der Waals surface area contributed by atoms with E-state index in [9.17, 15) is 13.2 Å². The third-order valence-corrected chi connectivity index (χ3v) is 3.54. The molecule has 1 saturated heterocycles. The summed E-state index contributed by atoms with van der Waals surface area (Å²) in [5.74, 6) is -0.0813. The molecular formula is C10H13N3O3S. The maximum atomic E-state index is 11.6. The molecule has 0 saturated carbocycles. The van der Waals surface area contributed by atoms with Gasteiger partial charge in [0.05, 0.1) is 17.8 Å². The molecule has 1 aliphatic heterocycles. The van der Waals surface area contributed by atoms with Crippen molar-refractivity contribution in [2.45, 2.75) is 5.03 Å². The number of carbonyl (C=O) groups is 1. The lowest BCUT2D eigenvalue weighted by Gasteiger charge is -2.25. The second kappa shape index (κ2) is 4.42. The third kappa shape index (κ3) is 2.80. The molecule has 6 nitrogen and oxygen atoms in total. The van der Waals surface area contributed by atoms with Crippen molar-refractivity contribution in [3.8, 4) is 0 Å². The monoisotopic (exact) mass is 255 g/mol. The number of anilines is 1. The van der Waals surface area contributed by atoms with Crippen LogP contribution in [0.1, 0.15) is 0 Å². The van der Waals surface area contributed by atoms with Gasteiger partial charge in [-0.05, 0) is 12.1 Å². The fourth-order valence-electron chi connectivity index (χ4n) is 1.39. The lowest BCUT2D eigenvalue weighted by Crippen LogP contribution is -2.48. The number of hydrogen-bond acceptors (Lipinski definition) is 5. The fraction of sp³-hybridized carbons (Fsp3) is 0.400. The Hall–Kier alpha value is -1.47. The van der Waals surface area contributed by atoms with Crippen molar-refractivity contribution >= 4 is 21.4 Å². The molecule has 1 fully saturated rings. The Labute approximate surface area is 99.4 Å². The largest absolute Gasteiger partial charge is 0.324 e. The van der Waals surface area contributed by atoms with Gasteiger partial charge >= 0.3 is 0 Å². The highest BCUT2D eigenvalue weighted by Crippen LogP contribution is 2.12. The summed E-state index contributed by atoms with van der Waals surface area (Å²) in [5, 5.41) is 5.69. The van der Waals surface area contributed by atoms with Gasteiger partial charge in [0, 0.05) is 19.3 Å². The molecule has 0 atom stereocenters. The molecule has 1 aliphatic rings. The minimum Gasteiger partial charge on any atom is -0.324 e. The standard InChI is InChI=1S/C10H13N3O3S/c1-17(15,16)9-3-2-8(6-12-9)13-10(14)7-4-11-5-7/h2-3,6-7,11H,4-5H2,1H3,(H,13,14). The van der Waals surface area contributed by atoms with Crippen LogP contribution in [-0.2, 0) is 14.6 Å². The van der Waals surface area contributed by atoms with E-state index in [2.05, 4.69) is 15.6 Å². The Bertz CT molecular complexity index is 520. The van der Waals surface area contributed by atoms with Gasteiger partial charge in [-0.25, -0.2) is 13.4 Å². The number of nitrogens with one attached hydrogen (secondary N) is 2. The maximum Gasteiger partial charge on any atom is 0.230 e. The van der Waals surface area contributed by atoms with E-state index in [1.807, 2.05) is 0 Å². The van der Waals surface area contributed by atoms with E-state index in [4.69, 9.17) is 0 Å². The number of nitrogens with zero attached hydrogens (tertiary/aromatic N) is 1. The number of pyridine rings is 1. The first kappa shape index (κ1) is 12.0. The van der Waals surface area contributed by atoms with E-state index in [1.165, 1.54) is 18.3 Å². The Morgan fingerprint density at radius 3 is 2.59 bits per heavy atom. The average molecular weight is 255 g/mol. The van der Waals surface area contributed by atoms with Crippen LogP contribution < -0.4 is 10.6 Å². The van der Waals surface area contributed by atoms with Crippen molar-refractivity contribution in [3.63, 3.8) is 0 Å². The first-order valence-electron chi connectivity index (χ1n) is 5.14. The molecule has 0 unspecified atom stereocenters. The number of rotatable bonds is 3. The molecule has 1 aromatic heterocycles. The van der Waals surface area contributed by atoms with Crippen LogP contribution in [0.3, 0.4) is 0 Å². The molecule has 17 heavy (non-hydrogen) atoms.